The van der Waals surface area contributed by atoms with Gasteiger partial charge in [-0.3, -0.25) is 10.2 Å². The van der Waals surface area contributed by atoms with Gasteiger partial charge in [-0.15, -0.1) is 0 Å². The molecule has 2 atom stereocenters. The van der Waals surface area contributed by atoms with Gasteiger partial charge in [0.15, 0.2) is 11.6 Å². The van der Waals surface area contributed by atoms with E-state index in [2.05, 4.69) is 30.9 Å². The zero-order chi connectivity index (χ0) is 33.8. The molecule has 1 amide bonds. The van der Waals surface area contributed by atoms with Crippen LogP contribution in [-0.2, 0) is 22.4 Å². The molecule has 4 aromatic carbocycles. The summed E-state index contributed by atoms with van der Waals surface area (Å²) in [4.78, 5) is 25.5. The third kappa shape index (κ3) is 8.05. The number of benzene rings is 4. The number of halogens is 1. The molecule has 1 aliphatic rings. The van der Waals surface area contributed by atoms with Gasteiger partial charge >= 0.3 is 0 Å². The Kier molecular flexibility index (Phi) is 11.5. The molecule has 1 heterocycles. The molecule has 0 fully saturated rings. The molecule has 0 saturated heterocycles. The van der Waals surface area contributed by atoms with Crippen molar-refractivity contribution < 1.29 is 19.4 Å². The predicted molar refractivity (Wildman–Crippen MR) is 182 cm³/mol. The predicted octanol–water partition coefficient (Wildman–Crippen LogP) is 7.35. The SMILES string of the molecule is [N-]=[N+]=Nc1ccccc1C[C@]1(C(=O)NNCCc2cccc(Cl)c2)N=C(c2ccc(OCCCO)cc2)O[C@H]1c1ccccc1N=[N+]=[N-]. The molecule has 4 aromatic rings. The lowest BCUT2D eigenvalue weighted by Gasteiger charge is -2.31. The van der Waals surface area contributed by atoms with Gasteiger partial charge in [0.25, 0.3) is 5.91 Å². The average Bonchev–Trinajstić information content (AvgIpc) is 3.48. The summed E-state index contributed by atoms with van der Waals surface area (Å²) in [5.41, 5.74) is 26.0. The van der Waals surface area contributed by atoms with Crippen molar-refractivity contribution in [1.29, 1.82) is 0 Å². The second-order valence-corrected chi connectivity index (χ2v) is 11.2. The van der Waals surface area contributed by atoms with E-state index in [1.807, 2.05) is 18.2 Å². The molecule has 0 aliphatic carbocycles. The molecule has 0 radical (unpaired) electrons. The molecule has 0 spiro atoms. The number of ether oxygens (including phenoxy) is 2. The maximum Gasteiger partial charge on any atom is 0.266 e. The molecular weight excluding hydrogens is 634 g/mol. The normalized spacial score (nSPS) is 16.5. The van der Waals surface area contributed by atoms with E-state index < -0.39 is 17.6 Å². The Labute approximate surface area is 281 Å². The van der Waals surface area contributed by atoms with Crippen LogP contribution in [0.25, 0.3) is 20.9 Å². The number of hydrazine groups is 1. The lowest BCUT2D eigenvalue weighted by molar-refractivity contribution is -0.130. The van der Waals surface area contributed by atoms with Crippen LogP contribution in [0.2, 0.25) is 5.02 Å². The molecule has 13 nitrogen and oxygen atoms in total. The number of carbonyl (C=O) groups is 1. The van der Waals surface area contributed by atoms with E-state index >= 15 is 0 Å². The van der Waals surface area contributed by atoms with Crippen molar-refractivity contribution in [3.05, 3.63) is 145 Å². The second-order valence-electron chi connectivity index (χ2n) is 10.8. The van der Waals surface area contributed by atoms with Gasteiger partial charge in [0, 0.05) is 63.3 Å². The number of carbonyl (C=O) groups excluding carboxylic acids is 1. The number of nitrogens with one attached hydrogen (secondary N) is 2. The molecule has 244 valence electrons. The van der Waals surface area contributed by atoms with Crippen LogP contribution in [0, 0.1) is 0 Å². The number of amides is 1. The number of hydrogen-bond acceptors (Lipinski definition) is 8. The Morgan fingerprint density at radius 1 is 0.979 bits per heavy atom. The van der Waals surface area contributed by atoms with E-state index in [0.29, 0.717) is 59.1 Å². The average molecular weight is 666 g/mol. The topological polar surface area (TPSA) is 190 Å². The van der Waals surface area contributed by atoms with E-state index in [1.54, 1.807) is 78.9 Å². The fraction of sp³-hybridized carbons (Fsp3) is 0.235. The van der Waals surface area contributed by atoms with Crippen LogP contribution in [0.3, 0.4) is 0 Å². The fourth-order valence-electron chi connectivity index (χ4n) is 5.35. The van der Waals surface area contributed by atoms with Crippen molar-refractivity contribution in [2.75, 3.05) is 19.8 Å². The highest BCUT2D eigenvalue weighted by Gasteiger charge is 2.54. The second kappa shape index (κ2) is 16.3. The van der Waals surface area contributed by atoms with E-state index in [1.165, 1.54) is 0 Å². The molecule has 0 unspecified atom stereocenters. The first-order valence-electron chi connectivity index (χ1n) is 15.1. The highest BCUT2D eigenvalue weighted by Crippen LogP contribution is 2.46. The minimum atomic E-state index is -1.67. The van der Waals surface area contributed by atoms with E-state index in [-0.39, 0.29) is 24.6 Å². The highest BCUT2D eigenvalue weighted by atomic mass is 35.5. The van der Waals surface area contributed by atoms with Gasteiger partial charge in [-0.25, -0.2) is 10.4 Å². The van der Waals surface area contributed by atoms with Crippen LogP contribution in [0.5, 0.6) is 5.75 Å². The van der Waals surface area contributed by atoms with E-state index in [9.17, 15) is 15.9 Å². The largest absolute Gasteiger partial charge is 0.494 e. The zero-order valence-electron chi connectivity index (χ0n) is 25.7. The molecule has 0 bridgehead atoms. The Morgan fingerprint density at radius 2 is 1.71 bits per heavy atom. The maximum atomic E-state index is 14.5. The van der Waals surface area contributed by atoms with Crippen molar-refractivity contribution >= 4 is 34.8 Å². The molecule has 0 aromatic heterocycles. The zero-order valence-corrected chi connectivity index (χ0v) is 26.5. The Hall–Kier alpha value is -5.55. The van der Waals surface area contributed by atoms with Gasteiger partial charge in [0.1, 0.15) is 5.75 Å². The summed E-state index contributed by atoms with van der Waals surface area (Å²) in [6.07, 6.45) is -0.0329. The summed E-state index contributed by atoms with van der Waals surface area (Å²) in [6.45, 7) is 0.750. The van der Waals surface area contributed by atoms with Crippen LogP contribution in [-0.4, -0.2) is 42.2 Å². The first-order valence-corrected chi connectivity index (χ1v) is 15.5. The van der Waals surface area contributed by atoms with Crippen molar-refractivity contribution in [2.45, 2.75) is 30.9 Å². The summed E-state index contributed by atoms with van der Waals surface area (Å²) >= 11 is 6.14. The molecule has 48 heavy (non-hydrogen) atoms. The molecular formula is C34H32ClN9O4. The van der Waals surface area contributed by atoms with E-state index in [0.717, 1.165) is 5.56 Å². The number of aliphatic hydroxyl groups is 1. The van der Waals surface area contributed by atoms with Crippen molar-refractivity contribution in [2.24, 2.45) is 15.2 Å². The molecule has 3 N–H and O–H groups in total. The quantitative estimate of drug-likeness (QED) is 0.0392. The molecule has 5 rings (SSSR count). The van der Waals surface area contributed by atoms with Crippen molar-refractivity contribution in [3.8, 4) is 5.75 Å². The summed E-state index contributed by atoms with van der Waals surface area (Å²) in [5.74, 6) is 0.240. The lowest BCUT2D eigenvalue weighted by Crippen LogP contribution is -2.54. The van der Waals surface area contributed by atoms with Crippen LogP contribution >= 0.6 is 11.6 Å². The minimum Gasteiger partial charge on any atom is -0.494 e. The van der Waals surface area contributed by atoms with Gasteiger partial charge in [-0.2, -0.15) is 0 Å². The minimum absolute atomic E-state index is 0.0177. The van der Waals surface area contributed by atoms with Crippen LogP contribution < -0.4 is 15.6 Å². The fourth-order valence-corrected chi connectivity index (χ4v) is 5.57. The van der Waals surface area contributed by atoms with Crippen LogP contribution in [0.4, 0.5) is 11.4 Å². The Morgan fingerprint density at radius 3 is 2.46 bits per heavy atom. The first-order chi connectivity index (χ1) is 23.5. The van der Waals surface area contributed by atoms with Crippen molar-refractivity contribution in [1.82, 2.24) is 10.9 Å². The van der Waals surface area contributed by atoms with Crippen LogP contribution in [0.1, 0.15) is 34.8 Å². The summed E-state index contributed by atoms with van der Waals surface area (Å²) in [7, 11) is 0. The van der Waals surface area contributed by atoms with Crippen LogP contribution in [0.15, 0.2) is 112 Å². The summed E-state index contributed by atoms with van der Waals surface area (Å²) < 4.78 is 12.2. The molecule has 1 aliphatic heterocycles. The third-order valence-electron chi connectivity index (χ3n) is 7.64. The van der Waals surface area contributed by atoms with Gasteiger partial charge in [0.05, 0.1) is 6.61 Å². The highest BCUT2D eigenvalue weighted by molar-refractivity contribution is 6.30. The number of azide groups is 2. The van der Waals surface area contributed by atoms with E-state index in [4.69, 9.17) is 31.2 Å². The number of aliphatic imine (C=N–C) groups is 1. The Balaban J connectivity index is 1.57. The smallest absolute Gasteiger partial charge is 0.266 e. The van der Waals surface area contributed by atoms with Gasteiger partial charge in [0.2, 0.25) is 5.90 Å². The standard InChI is InChI=1S/C34H32ClN9O4/c35-26-9-5-7-23(21-26)17-18-38-42-33(46)34(22-25-8-1-3-11-29(25)40-43-36)31(28-10-2-4-12-30(28)41-44-37)48-32(39-34)24-13-15-27(16-14-24)47-20-6-19-45/h1-5,7-16,21,31,38,45H,6,17-20,22H2,(H,42,46)/t31-,34-/m0/s1. The third-order valence-corrected chi connectivity index (χ3v) is 7.87. The number of nitrogens with zero attached hydrogens (tertiary/aromatic N) is 7. The van der Waals surface area contributed by atoms with Gasteiger partial charge in [-0.1, -0.05) is 82.5 Å². The maximum absolute atomic E-state index is 14.5. The van der Waals surface area contributed by atoms with Gasteiger partial charge in [-0.05, 0) is 65.0 Å². The summed E-state index contributed by atoms with van der Waals surface area (Å²) in [5, 5.41) is 17.4. The van der Waals surface area contributed by atoms with Gasteiger partial charge < -0.3 is 14.6 Å². The number of rotatable bonds is 15. The number of aliphatic hydroxyl groups excluding tert-OH is 1. The van der Waals surface area contributed by atoms with Crippen molar-refractivity contribution in [3.63, 3.8) is 0 Å². The summed E-state index contributed by atoms with van der Waals surface area (Å²) in [6, 6.07) is 28.2. The first kappa shape index (κ1) is 33.8. The lowest BCUT2D eigenvalue weighted by atomic mass is 9.81. The molecule has 14 heteroatoms. The Bertz CT molecular complexity index is 1870. The monoisotopic (exact) mass is 665 g/mol. The number of hydrogen-bond donors (Lipinski definition) is 3. The molecule has 0 saturated carbocycles.